The summed E-state index contributed by atoms with van der Waals surface area (Å²) in [6, 6.07) is 48.3. The summed E-state index contributed by atoms with van der Waals surface area (Å²) in [4.78, 5) is 0. The first-order valence-electron chi connectivity index (χ1n) is 15.3. The molecule has 0 aliphatic rings. The molecule has 8 rings (SSSR count). The molecule has 8 aromatic rings. The average Bonchev–Trinajstić information content (AvgIpc) is 3.06. The van der Waals surface area contributed by atoms with E-state index in [1.165, 1.54) is 70.8 Å². The van der Waals surface area contributed by atoms with E-state index in [-0.39, 0.29) is 0 Å². The Morgan fingerprint density at radius 3 is 1.48 bits per heavy atom. The van der Waals surface area contributed by atoms with Crippen LogP contribution in [0.2, 0.25) is 0 Å². The highest BCUT2D eigenvalue weighted by Gasteiger charge is 2.21. The lowest BCUT2D eigenvalue weighted by molar-refractivity contribution is 0.480. The number of aromatic hydroxyl groups is 1. The predicted molar refractivity (Wildman–Crippen MR) is 199 cm³/mol. The molecule has 0 atom stereocenters. The van der Waals surface area contributed by atoms with Gasteiger partial charge < -0.3 is 5.11 Å². The van der Waals surface area contributed by atoms with E-state index in [9.17, 15) is 5.11 Å². The second-order valence-electron chi connectivity index (χ2n) is 12.0. The summed E-state index contributed by atoms with van der Waals surface area (Å²) in [5.41, 5.74) is 10.4. The van der Waals surface area contributed by atoms with Crippen molar-refractivity contribution in [3.05, 3.63) is 133 Å². The Morgan fingerprint density at radius 1 is 0.386 bits per heavy atom. The zero-order valence-electron chi connectivity index (χ0n) is 25.1. The van der Waals surface area contributed by atoms with Gasteiger partial charge in [-0.1, -0.05) is 126 Å². The van der Waals surface area contributed by atoms with E-state index < -0.39 is 0 Å². The Balaban J connectivity index is 1.54. The first kappa shape index (κ1) is 26.4. The van der Waals surface area contributed by atoms with Crippen LogP contribution in [0.3, 0.4) is 0 Å². The molecule has 0 saturated carbocycles. The van der Waals surface area contributed by atoms with Crippen LogP contribution >= 0.6 is 0 Å². The molecule has 0 unspecified atom stereocenters. The maximum Gasteiger partial charge on any atom is 0.144 e. The summed E-state index contributed by atoms with van der Waals surface area (Å²) in [6.07, 6.45) is 0. The Morgan fingerprint density at radius 2 is 0.864 bits per heavy atom. The second kappa shape index (κ2) is 10.2. The maximum atomic E-state index is 10.9. The number of rotatable bonds is 3. The summed E-state index contributed by atoms with van der Waals surface area (Å²) < 4.78 is 0. The minimum Gasteiger partial charge on any atom is -0.509 e. The van der Waals surface area contributed by atoms with Crippen LogP contribution in [0.1, 0.15) is 0 Å². The first-order valence-corrected chi connectivity index (χ1v) is 15.3. The van der Waals surface area contributed by atoms with Gasteiger partial charge in [-0.25, -0.2) is 0 Å². The van der Waals surface area contributed by atoms with Crippen molar-refractivity contribution in [3.8, 4) is 39.1 Å². The van der Waals surface area contributed by atoms with E-state index in [4.69, 9.17) is 0 Å². The van der Waals surface area contributed by atoms with Crippen LogP contribution in [-0.4, -0.2) is 28.6 Å². The first-order chi connectivity index (χ1) is 21.5. The number of phenols is 1. The third-order valence-electron chi connectivity index (χ3n) is 9.49. The number of phenolic OH excluding ortho intramolecular Hbond substituents is 1. The Kier molecular flexibility index (Phi) is 6.13. The normalized spacial score (nSPS) is 11.5. The van der Waals surface area contributed by atoms with Crippen molar-refractivity contribution in [1.82, 2.24) is 0 Å². The fraction of sp³-hybridized carbons (Fsp3) is 0. The van der Waals surface area contributed by atoms with Gasteiger partial charge in [0, 0.05) is 0 Å². The van der Waals surface area contributed by atoms with Crippen molar-refractivity contribution in [2.24, 2.45) is 0 Å². The highest BCUT2D eigenvalue weighted by Crippen LogP contribution is 2.47. The molecular formula is C40H29B3O. The van der Waals surface area contributed by atoms with E-state index in [1.54, 1.807) is 0 Å². The molecule has 1 N–H and O–H groups in total. The maximum absolute atomic E-state index is 10.9. The molecular weight excluding hydrogens is 529 g/mol. The van der Waals surface area contributed by atoms with Gasteiger partial charge >= 0.3 is 0 Å². The number of hydrogen-bond acceptors (Lipinski definition) is 1. The second-order valence-corrected chi connectivity index (χ2v) is 12.0. The summed E-state index contributed by atoms with van der Waals surface area (Å²) in [6.45, 7) is 0. The zero-order chi connectivity index (χ0) is 29.9. The number of fused-ring (bicyclic) bond motifs is 4. The van der Waals surface area contributed by atoms with Crippen LogP contribution < -0.4 is 16.4 Å². The van der Waals surface area contributed by atoms with Gasteiger partial charge in [0.05, 0.1) is 0 Å². The smallest absolute Gasteiger partial charge is 0.144 e. The Bertz CT molecular complexity index is 2360. The lowest BCUT2D eigenvalue weighted by atomic mass is 9.70. The van der Waals surface area contributed by atoms with Crippen LogP contribution in [-0.2, 0) is 0 Å². The Labute approximate surface area is 260 Å². The molecule has 0 aliphatic heterocycles. The molecule has 0 saturated heterocycles. The van der Waals surface area contributed by atoms with Gasteiger partial charge in [-0.2, -0.15) is 0 Å². The summed E-state index contributed by atoms with van der Waals surface area (Å²) in [5.74, 6) is 0.341. The molecule has 0 amide bonds. The molecule has 0 aliphatic carbocycles. The topological polar surface area (TPSA) is 20.2 Å². The van der Waals surface area contributed by atoms with Crippen LogP contribution in [0.4, 0.5) is 0 Å². The minimum absolute atomic E-state index is 0.341. The monoisotopic (exact) mass is 558 g/mol. The SMILES string of the molecule is Bc1cc(O)c(B)c(-c2cc(-c3c4ccccc4c(-c4cccc5ccccc45)c4ccccc34)c3ccccc3c2)c1B. The molecule has 8 aromatic carbocycles. The largest absolute Gasteiger partial charge is 0.509 e. The quantitative estimate of drug-likeness (QED) is 0.216. The summed E-state index contributed by atoms with van der Waals surface area (Å²) in [7, 11) is 6.26. The van der Waals surface area contributed by atoms with Crippen molar-refractivity contribution >= 4 is 83.0 Å². The van der Waals surface area contributed by atoms with E-state index in [0.29, 0.717) is 5.75 Å². The number of hydrogen-bond donors (Lipinski definition) is 1. The Hall–Kier alpha value is -5.21. The van der Waals surface area contributed by atoms with E-state index in [2.05, 4.69) is 143 Å². The fourth-order valence-electron chi connectivity index (χ4n) is 7.28. The van der Waals surface area contributed by atoms with Crippen LogP contribution in [0.5, 0.6) is 5.75 Å². The fourth-order valence-corrected chi connectivity index (χ4v) is 7.28. The van der Waals surface area contributed by atoms with E-state index in [1.807, 2.05) is 13.9 Å². The molecule has 0 spiro atoms. The van der Waals surface area contributed by atoms with Gasteiger partial charge in [0.15, 0.2) is 0 Å². The van der Waals surface area contributed by atoms with Crippen LogP contribution in [0, 0.1) is 0 Å². The number of benzene rings is 8. The van der Waals surface area contributed by atoms with Crippen molar-refractivity contribution in [2.45, 2.75) is 0 Å². The average molecular weight is 558 g/mol. The van der Waals surface area contributed by atoms with Gasteiger partial charge in [0.2, 0.25) is 0 Å². The van der Waals surface area contributed by atoms with Crippen LogP contribution in [0.15, 0.2) is 133 Å². The van der Waals surface area contributed by atoms with Gasteiger partial charge in [-0.15, -0.1) is 0 Å². The highest BCUT2D eigenvalue weighted by molar-refractivity contribution is 6.54. The minimum atomic E-state index is 0.341. The molecule has 0 bridgehead atoms. The van der Waals surface area contributed by atoms with Crippen molar-refractivity contribution in [3.63, 3.8) is 0 Å². The molecule has 0 heterocycles. The third kappa shape index (κ3) is 3.98. The van der Waals surface area contributed by atoms with Gasteiger partial charge in [-0.05, 0) is 100 Å². The van der Waals surface area contributed by atoms with Crippen molar-refractivity contribution in [2.75, 3.05) is 0 Å². The third-order valence-corrected chi connectivity index (χ3v) is 9.49. The van der Waals surface area contributed by atoms with Gasteiger partial charge in [0.25, 0.3) is 0 Å². The predicted octanol–water partition coefficient (Wildman–Crippen LogP) is 5.78. The summed E-state index contributed by atoms with van der Waals surface area (Å²) >= 11 is 0. The van der Waals surface area contributed by atoms with E-state index in [0.717, 1.165) is 22.1 Å². The standard InChI is InChI=1S/C40H29B3O/c41-34-22-35(44)40(43)36(39(34)42)25-20-24-11-2-4-14-27(24)33(21-25)38-31-17-7-5-15-29(31)37(30-16-6-8-18-32(30)38)28-19-9-12-23-10-1-3-13-26(23)28/h1-22,44H,41-43H2. The molecule has 4 heteroatoms. The molecule has 1 nitrogen and oxygen atoms in total. The lowest BCUT2D eigenvalue weighted by Gasteiger charge is -2.21. The molecule has 204 valence electrons. The molecule has 44 heavy (non-hydrogen) atoms. The van der Waals surface area contributed by atoms with Crippen LogP contribution in [0.25, 0.3) is 76.5 Å². The zero-order valence-corrected chi connectivity index (χ0v) is 25.1. The molecule has 0 fully saturated rings. The van der Waals surface area contributed by atoms with Crippen molar-refractivity contribution in [1.29, 1.82) is 0 Å². The molecule has 0 radical (unpaired) electrons. The van der Waals surface area contributed by atoms with Gasteiger partial charge in [0.1, 0.15) is 29.3 Å². The summed E-state index contributed by atoms with van der Waals surface area (Å²) in [5, 5.41) is 20.7. The van der Waals surface area contributed by atoms with E-state index >= 15 is 0 Å². The van der Waals surface area contributed by atoms with Crippen molar-refractivity contribution < 1.29 is 5.11 Å². The van der Waals surface area contributed by atoms with Gasteiger partial charge in [-0.3, -0.25) is 0 Å². The molecule has 0 aromatic heterocycles. The highest BCUT2D eigenvalue weighted by atomic mass is 16.3. The lowest BCUT2D eigenvalue weighted by Crippen LogP contribution is -2.33.